The van der Waals surface area contributed by atoms with Gasteiger partial charge in [0.1, 0.15) is 0 Å². The molecule has 2 heteroatoms. The van der Waals surface area contributed by atoms with E-state index in [2.05, 4.69) is 32.0 Å². The van der Waals surface area contributed by atoms with E-state index in [-0.39, 0.29) is 5.78 Å². The second kappa shape index (κ2) is 9.73. The van der Waals surface area contributed by atoms with Crippen molar-refractivity contribution in [2.24, 2.45) is 4.99 Å². The van der Waals surface area contributed by atoms with Crippen molar-refractivity contribution in [3.8, 4) is 0 Å². The van der Waals surface area contributed by atoms with E-state index in [0.717, 1.165) is 29.7 Å². The zero-order valence-corrected chi connectivity index (χ0v) is 14.6. The van der Waals surface area contributed by atoms with Gasteiger partial charge in [-0.2, -0.15) is 0 Å². The summed E-state index contributed by atoms with van der Waals surface area (Å²) in [4.78, 5) is 16.6. The van der Waals surface area contributed by atoms with Gasteiger partial charge in [-0.3, -0.25) is 9.79 Å². The summed E-state index contributed by atoms with van der Waals surface area (Å²) < 4.78 is 0. The first-order valence-electron chi connectivity index (χ1n) is 8.15. The molecule has 0 amide bonds. The SMILES string of the molecule is C=C/N=C(\C=C/C)C(=C)CCC(=O)c1ccc(C)c(CCC)c1. The lowest BCUT2D eigenvalue weighted by Gasteiger charge is -2.09. The van der Waals surface area contributed by atoms with Gasteiger partial charge in [-0.25, -0.2) is 0 Å². The average Bonchev–Trinajstić information content (AvgIpc) is 2.54. The van der Waals surface area contributed by atoms with Crippen LogP contribution in [0, 0.1) is 6.92 Å². The Hall–Kier alpha value is -2.22. The Balaban J connectivity index is 2.77. The molecule has 0 saturated carbocycles. The quantitative estimate of drug-likeness (QED) is 0.429. The number of allylic oxidation sites excluding steroid dienone is 3. The largest absolute Gasteiger partial charge is 0.294 e. The van der Waals surface area contributed by atoms with Crippen LogP contribution in [0.15, 0.2) is 60.3 Å². The van der Waals surface area contributed by atoms with Crippen molar-refractivity contribution in [3.05, 3.63) is 72.0 Å². The third-order valence-electron chi connectivity index (χ3n) is 3.76. The van der Waals surface area contributed by atoms with Crippen LogP contribution in [0.4, 0.5) is 0 Å². The van der Waals surface area contributed by atoms with Crippen LogP contribution in [-0.2, 0) is 6.42 Å². The summed E-state index contributed by atoms with van der Waals surface area (Å²) in [6.07, 6.45) is 8.44. The Morgan fingerprint density at radius 2 is 2.04 bits per heavy atom. The fourth-order valence-corrected chi connectivity index (χ4v) is 2.43. The molecule has 23 heavy (non-hydrogen) atoms. The van der Waals surface area contributed by atoms with Crippen molar-refractivity contribution in [2.45, 2.75) is 46.5 Å². The normalized spacial score (nSPS) is 11.7. The summed E-state index contributed by atoms with van der Waals surface area (Å²) in [5.74, 6) is 0.155. The van der Waals surface area contributed by atoms with Crippen LogP contribution in [0.25, 0.3) is 0 Å². The highest BCUT2D eigenvalue weighted by molar-refractivity contribution is 6.08. The lowest BCUT2D eigenvalue weighted by atomic mass is 9.96. The number of hydrogen-bond acceptors (Lipinski definition) is 2. The van der Waals surface area contributed by atoms with Gasteiger partial charge in [0, 0.05) is 18.2 Å². The van der Waals surface area contributed by atoms with Crippen molar-refractivity contribution in [2.75, 3.05) is 0 Å². The summed E-state index contributed by atoms with van der Waals surface area (Å²) in [5, 5.41) is 0. The maximum atomic E-state index is 12.4. The lowest BCUT2D eigenvalue weighted by Crippen LogP contribution is -2.05. The molecule has 1 rings (SSSR count). The van der Waals surface area contributed by atoms with Crippen molar-refractivity contribution >= 4 is 11.5 Å². The minimum Gasteiger partial charge on any atom is -0.294 e. The van der Waals surface area contributed by atoms with Crippen LogP contribution in [0.2, 0.25) is 0 Å². The van der Waals surface area contributed by atoms with Gasteiger partial charge in [0.2, 0.25) is 0 Å². The molecule has 0 aliphatic rings. The number of carbonyl (C=O) groups is 1. The van der Waals surface area contributed by atoms with Gasteiger partial charge in [-0.1, -0.05) is 44.7 Å². The Kier molecular flexibility index (Phi) is 7.96. The Morgan fingerprint density at radius 1 is 1.30 bits per heavy atom. The molecule has 1 aromatic rings. The molecule has 0 N–H and O–H groups in total. The van der Waals surface area contributed by atoms with Crippen LogP contribution in [0.1, 0.15) is 54.6 Å². The number of carbonyl (C=O) groups excluding carboxylic acids is 1. The van der Waals surface area contributed by atoms with Crippen molar-refractivity contribution in [1.82, 2.24) is 0 Å². The molecule has 0 bridgehead atoms. The van der Waals surface area contributed by atoms with Crippen molar-refractivity contribution in [3.63, 3.8) is 0 Å². The van der Waals surface area contributed by atoms with Crippen LogP contribution in [0.5, 0.6) is 0 Å². The fraction of sp³-hybridized carbons (Fsp3) is 0.333. The van der Waals surface area contributed by atoms with Crippen LogP contribution in [-0.4, -0.2) is 11.5 Å². The number of nitrogens with zero attached hydrogens (tertiary/aromatic N) is 1. The number of rotatable bonds is 9. The van der Waals surface area contributed by atoms with Gasteiger partial charge < -0.3 is 0 Å². The average molecular weight is 309 g/mol. The summed E-state index contributed by atoms with van der Waals surface area (Å²) in [7, 11) is 0. The van der Waals surface area contributed by atoms with Crippen LogP contribution < -0.4 is 0 Å². The lowest BCUT2D eigenvalue weighted by molar-refractivity contribution is 0.0983. The number of hydrogen-bond donors (Lipinski definition) is 0. The van der Waals surface area contributed by atoms with Gasteiger partial charge in [0.15, 0.2) is 5.78 Å². The number of aryl methyl sites for hydroxylation is 2. The van der Waals surface area contributed by atoms with Crippen LogP contribution >= 0.6 is 0 Å². The summed E-state index contributed by atoms with van der Waals surface area (Å²) in [6.45, 7) is 13.8. The predicted octanol–water partition coefficient (Wildman–Crippen LogP) is 5.63. The van der Waals surface area contributed by atoms with Crippen LogP contribution in [0.3, 0.4) is 0 Å². The molecule has 0 heterocycles. The summed E-state index contributed by atoms with van der Waals surface area (Å²) >= 11 is 0. The highest BCUT2D eigenvalue weighted by atomic mass is 16.1. The zero-order chi connectivity index (χ0) is 17.2. The van der Waals surface area contributed by atoms with Crippen molar-refractivity contribution in [1.29, 1.82) is 0 Å². The standard InChI is InChI=1S/C21H27NO/c1-6-9-18-15-19(13-11-16(18)4)21(23)14-12-17(5)20(10-7-2)22-8-3/h7-8,10-11,13,15H,3,5-6,9,12,14H2,1-2,4H3/b10-7-,22-20+. The fourth-order valence-electron chi connectivity index (χ4n) is 2.43. The van der Waals surface area contributed by atoms with E-state index < -0.39 is 0 Å². The molecule has 0 aromatic heterocycles. The van der Waals surface area contributed by atoms with E-state index in [1.807, 2.05) is 37.3 Å². The molecule has 1 aromatic carbocycles. The monoisotopic (exact) mass is 309 g/mol. The molecule has 0 saturated heterocycles. The topological polar surface area (TPSA) is 29.4 Å². The molecule has 0 unspecified atom stereocenters. The van der Waals surface area contributed by atoms with E-state index in [0.29, 0.717) is 12.8 Å². The Morgan fingerprint density at radius 3 is 2.65 bits per heavy atom. The predicted molar refractivity (Wildman–Crippen MR) is 100 cm³/mol. The summed E-state index contributed by atoms with van der Waals surface area (Å²) in [6, 6.07) is 6.00. The zero-order valence-electron chi connectivity index (χ0n) is 14.6. The number of aliphatic imine (C=N–C) groups is 1. The second-order valence-corrected chi connectivity index (χ2v) is 5.61. The van der Waals surface area contributed by atoms with Gasteiger partial charge >= 0.3 is 0 Å². The first-order valence-corrected chi connectivity index (χ1v) is 8.15. The molecule has 0 aliphatic heterocycles. The molecular weight excluding hydrogens is 282 g/mol. The molecule has 0 spiro atoms. The number of Topliss-reactive ketones (excluding diaryl/α,β-unsaturated/α-hetero) is 1. The minimum absolute atomic E-state index is 0.155. The van der Waals surface area contributed by atoms with E-state index in [1.165, 1.54) is 17.3 Å². The highest BCUT2D eigenvalue weighted by Crippen LogP contribution is 2.17. The highest BCUT2D eigenvalue weighted by Gasteiger charge is 2.10. The van der Waals surface area contributed by atoms with Crippen molar-refractivity contribution < 1.29 is 4.79 Å². The number of ketones is 1. The minimum atomic E-state index is 0.155. The smallest absolute Gasteiger partial charge is 0.163 e. The van der Waals surface area contributed by atoms with E-state index in [4.69, 9.17) is 0 Å². The Labute approximate surface area is 140 Å². The maximum Gasteiger partial charge on any atom is 0.163 e. The second-order valence-electron chi connectivity index (χ2n) is 5.61. The molecule has 0 atom stereocenters. The first-order chi connectivity index (χ1) is 11.0. The van der Waals surface area contributed by atoms with Gasteiger partial charge in [0.05, 0.1) is 5.71 Å². The molecule has 0 radical (unpaired) electrons. The van der Waals surface area contributed by atoms with E-state index in [1.54, 1.807) is 0 Å². The first kappa shape index (κ1) is 18.8. The Bertz CT molecular complexity index is 635. The molecule has 0 fully saturated rings. The van der Waals surface area contributed by atoms with Gasteiger partial charge in [-0.15, -0.1) is 0 Å². The third kappa shape index (κ3) is 5.82. The maximum absolute atomic E-state index is 12.4. The third-order valence-corrected chi connectivity index (χ3v) is 3.76. The molecular formula is C21H27NO. The van der Waals surface area contributed by atoms with E-state index >= 15 is 0 Å². The van der Waals surface area contributed by atoms with E-state index in [9.17, 15) is 4.79 Å². The number of benzene rings is 1. The molecule has 2 nitrogen and oxygen atoms in total. The molecule has 122 valence electrons. The molecule has 0 aliphatic carbocycles. The van der Waals surface area contributed by atoms with Gasteiger partial charge in [-0.05, 0) is 55.5 Å². The van der Waals surface area contributed by atoms with Gasteiger partial charge in [0.25, 0.3) is 0 Å². The summed E-state index contributed by atoms with van der Waals surface area (Å²) in [5.41, 5.74) is 4.95.